The lowest BCUT2D eigenvalue weighted by molar-refractivity contribution is 0.214. The molecule has 4 aromatic rings. The van der Waals surface area contributed by atoms with Crippen LogP contribution in [-0.4, -0.2) is 14.8 Å². The van der Waals surface area contributed by atoms with Crippen LogP contribution in [0.15, 0.2) is 54.7 Å². The molecule has 1 atom stereocenters. The van der Waals surface area contributed by atoms with Crippen LogP contribution in [0.4, 0.5) is 0 Å². The Morgan fingerprint density at radius 2 is 1.60 bits per heavy atom. The van der Waals surface area contributed by atoms with Crippen molar-refractivity contribution in [2.75, 3.05) is 0 Å². The van der Waals surface area contributed by atoms with E-state index in [9.17, 15) is 0 Å². The topological polar surface area (TPSA) is 39.9 Å². The van der Waals surface area contributed by atoms with Gasteiger partial charge < -0.3 is 4.74 Å². The summed E-state index contributed by atoms with van der Waals surface area (Å²) < 4.78 is 8.35. The molecular formula is C24H21Cl2N3O. The van der Waals surface area contributed by atoms with E-state index in [4.69, 9.17) is 38.0 Å². The third-order valence-corrected chi connectivity index (χ3v) is 6.15. The smallest absolute Gasteiger partial charge is 0.227 e. The van der Waals surface area contributed by atoms with Crippen molar-refractivity contribution in [2.45, 2.75) is 38.7 Å². The molecule has 1 aliphatic carbocycles. The molecule has 0 radical (unpaired) electrons. The van der Waals surface area contributed by atoms with Crippen molar-refractivity contribution in [3.8, 4) is 11.6 Å². The largest absolute Gasteiger partial charge is 0.469 e. The Kier molecular flexibility index (Phi) is 5.13. The Hall–Kier alpha value is -2.56. The summed E-state index contributed by atoms with van der Waals surface area (Å²) in [6.07, 6.45) is 6.09. The van der Waals surface area contributed by atoms with Gasteiger partial charge in [0, 0.05) is 27.5 Å². The number of halogens is 2. The van der Waals surface area contributed by atoms with E-state index in [1.165, 1.54) is 18.4 Å². The van der Waals surface area contributed by atoms with Crippen molar-refractivity contribution in [3.05, 3.63) is 81.6 Å². The van der Waals surface area contributed by atoms with Crippen molar-refractivity contribution in [2.24, 2.45) is 0 Å². The molecule has 4 nitrogen and oxygen atoms in total. The number of hydrogen-bond acceptors (Lipinski definition) is 3. The minimum Gasteiger partial charge on any atom is -0.469 e. The number of ether oxygens (including phenoxy) is 1. The number of hydrogen-bond donors (Lipinski definition) is 0. The molecule has 0 aliphatic heterocycles. The van der Waals surface area contributed by atoms with E-state index in [0.29, 0.717) is 15.9 Å². The monoisotopic (exact) mass is 437 g/mol. The van der Waals surface area contributed by atoms with Crippen LogP contribution in [0.3, 0.4) is 0 Å². The second-order valence-corrected chi connectivity index (χ2v) is 8.53. The fourth-order valence-corrected chi connectivity index (χ4v) is 4.28. The summed E-state index contributed by atoms with van der Waals surface area (Å²) in [6, 6.07) is 15.4. The van der Waals surface area contributed by atoms with Crippen molar-refractivity contribution >= 4 is 34.1 Å². The lowest BCUT2D eigenvalue weighted by Crippen LogP contribution is -2.08. The Labute approximate surface area is 185 Å². The molecular weight excluding hydrogens is 417 g/mol. The van der Waals surface area contributed by atoms with Crippen molar-refractivity contribution in [3.63, 3.8) is 0 Å². The third kappa shape index (κ3) is 3.55. The predicted molar refractivity (Wildman–Crippen MR) is 121 cm³/mol. The van der Waals surface area contributed by atoms with Gasteiger partial charge in [-0.3, -0.25) is 4.98 Å². The van der Waals surface area contributed by atoms with Gasteiger partial charge in [-0.15, -0.1) is 0 Å². The van der Waals surface area contributed by atoms with E-state index in [0.717, 1.165) is 40.7 Å². The van der Waals surface area contributed by atoms with Crippen molar-refractivity contribution in [1.82, 2.24) is 14.8 Å². The first kappa shape index (κ1) is 19.4. The number of rotatable bonds is 4. The molecule has 1 aliphatic rings. The lowest BCUT2D eigenvalue weighted by Gasteiger charge is -2.17. The lowest BCUT2D eigenvalue weighted by atomic mass is 9.95. The zero-order valence-electron chi connectivity index (χ0n) is 16.6. The molecule has 6 heteroatoms. The number of aryl methyl sites for hydroxylation is 2. The van der Waals surface area contributed by atoms with Gasteiger partial charge in [0.05, 0.1) is 11.1 Å². The highest BCUT2D eigenvalue weighted by molar-refractivity contribution is 6.30. The highest BCUT2D eigenvalue weighted by Gasteiger charge is 2.23. The van der Waals surface area contributed by atoms with Crippen LogP contribution in [0.5, 0.6) is 5.88 Å². The van der Waals surface area contributed by atoms with Gasteiger partial charge in [-0.1, -0.05) is 35.3 Å². The molecule has 0 spiro atoms. The number of pyridine rings is 1. The summed E-state index contributed by atoms with van der Waals surface area (Å²) in [4.78, 5) is 4.75. The van der Waals surface area contributed by atoms with Crippen LogP contribution in [-0.2, 0) is 12.8 Å². The van der Waals surface area contributed by atoms with Gasteiger partial charge in [0.25, 0.3) is 0 Å². The first-order valence-electron chi connectivity index (χ1n) is 10.2. The van der Waals surface area contributed by atoms with Gasteiger partial charge >= 0.3 is 0 Å². The van der Waals surface area contributed by atoms with Crippen LogP contribution in [0.1, 0.15) is 42.7 Å². The van der Waals surface area contributed by atoms with E-state index >= 15 is 0 Å². The Bertz CT molecular complexity index is 1200. The maximum Gasteiger partial charge on any atom is 0.227 e. The molecule has 1 unspecified atom stereocenters. The molecule has 0 saturated carbocycles. The molecule has 0 bridgehead atoms. The third-order valence-electron chi connectivity index (χ3n) is 5.65. The molecule has 0 saturated heterocycles. The normalized spacial score (nSPS) is 14.5. The first-order valence-corrected chi connectivity index (χ1v) is 10.9. The van der Waals surface area contributed by atoms with Crippen LogP contribution in [0, 0.1) is 0 Å². The van der Waals surface area contributed by atoms with Crippen LogP contribution < -0.4 is 4.74 Å². The maximum atomic E-state index is 6.48. The highest BCUT2D eigenvalue weighted by atomic mass is 35.5. The van der Waals surface area contributed by atoms with E-state index in [1.54, 1.807) is 0 Å². The van der Waals surface area contributed by atoms with Gasteiger partial charge in [0.15, 0.2) is 0 Å². The van der Waals surface area contributed by atoms with Gasteiger partial charge in [0.1, 0.15) is 11.6 Å². The molecule has 2 aromatic heterocycles. The van der Waals surface area contributed by atoms with Gasteiger partial charge in [0.2, 0.25) is 5.88 Å². The second kappa shape index (κ2) is 7.93. The van der Waals surface area contributed by atoms with Gasteiger partial charge in [-0.25, -0.2) is 0 Å². The first-order chi connectivity index (χ1) is 14.6. The molecule has 152 valence electrons. The van der Waals surface area contributed by atoms with Crippen LogP contribution in [0.2, 0.25) is 10.0 Å². The van der Waals surface area contributed by atoms with Crippen LogP contribution >= 0.6 is 23.2 Å². The molecule has 0 amide bonds. The zero-order chi connectivity index (χ0) is 20.7. The average Bonchev–Trinajstić information content (AvgIpc) is 3.13. The van der Waals surface area contributed by atoms with Gasteiger partial charge in [-0.05, 0) is 74.6 Å². The summed E-state index contributed by atoms with van der Waals surface area (Å²) in [5, 5.41) is 7.30. The fraction of sp³-hybridized carbons (Fsp3) is 0.250. The number of benzene rings is 2. The fourth-order valence-electron chi connectivity index (χ4n) is 4.02. The predicted octanol–water partition coefficient (Wildman–Crippen LogP) is 6.75. The maximum absolute atomic E-state index is 6.48. The zero-order valence-corrected chi connectivity index (χ0v) is 18.1. The number of aromatic nitrogens is 3. The number of nitrogens with zero attached hydrogens (tertiary/aromatic N) is 3. The second-order valence-electron chi connectivity index (χ2n) is 7.66. The van der Waals surface area contributed by atoms with Crippen molar-refractivity contribution in [1.29, 1.82) is 0 Å². The molecule has 0 N–H and O–H groups in total. The van der Waals surface area contributed by atoms with Gasteiger partial charge in [-0.2, -0.15) is 9.78 Å². The van der Waals surface area contributed by atoms with E-state index < -0.39 is 0 Å². The van der Waals surface area contributed by atoms with Crippen molar-refractivity contribution < 1.29 is 4.74 Å². The molecule has 2 aromatic carbocycles. The summed E-state index contributed by atoms with van der Waals surface area (Å²) in [5.74, 6) is 0.690. The number of fused-ring (bicyclic) bond motifs is 3. The Morgan fingerprint density at radius 3 is 2.33 bits per heavy atom. The highest BCUT2D eigenvalue weighted by Crippen LogP contribution is 2.36. The molecule has 5 rings (SSSR count). The average molecular weight is 438 g/mol. The molecule has 2 heterocycles. The standard InChI is InChI=1S/C24H21Cl2N3O/c1-15(16-6-8-17(25)9-7-16)30-24-21-14-27-22-5-3-2-4-20(22)23(21)28-29(24)19-12-10-18(26)11-13-19/h6-15H,2-5H2,1H3. The van der Waals surface area contributed by atoms with E-state index in [2.05, 4.69) is 0 Å². The minimum atomic E-state index is -0.177. The van der Waals surface area contributed by atoms with E-state index in [1.807, 2.05) is 66.3 Å². The summed E-state index contributed by atoms with van der Waals surface area (Å²) >= 11 is 12.2. The Morgan fingerprint density at radius 1 is 0.933 bits per heavy atom. The Balaban J connectivity index is 1.65. The minimum absolute atomic E-state index is 0.177. The SMILES string of the molecule is CC(Oc1c2cnc3c(c2nn1-c1ccc(Cl)cc1)CCCC3)c1ccc(Cl)cc1. The summed E-state index contributed by atoms with van der Waals surface area (Å²) in [7, 11) is 0. The van der Waals surface area contributed by atoms with Crippen LogP contribution in [0.25, 0.3) is 16.6 Å². The van der Waals surface area contributed by atoms with E-state index in [-0.39, 0.29) is 6.10 Å². The quantitative estimate of drug-likeness (QED) is 0.354. The summed E-state index contributed by atoms with van der Waals surface area (Å²) in [6.45, 7) is 2.03. The summed E-state index contributed by atoms with van der Waals surface area (Å²) in [5.41, 5.74) is 5.33. The molecule has 0 fully saturated rings. The molecule has 30 heavy (non-hydrogen) atoms.